The normalized spacial score (nSPS) is 10.9. The molecular formula is C15H15N3O2S. The minimum Gasteiger partial charge on any atom is -0.399 e. The predicted octanol–water partition coefficient (Wildman–Crippen LogP) is 2.56. The van der Waals surface area contributed by atoms with Crippen LogP contribution in [0.5, 0.6) is 0 Å². The molecule has 0 aromatic heterocycles. The van der Waals surface area contributed by atoms with Crippen LogP contribution in [0.1, 0.15) is 16.7 Å². The lowest BCUT2D eigenvalue weighted by atomic mass is 10.1. The van der Waals surface area contributed by atoms with Crippen molar-refractivity contribution in [3.05, 3.63) is 53.1 Å². The first kappa shape index (κ1) is 14.9. The third-order valence-corrected chi connectivity index (χ3v) is 4.47. The molecule has 0 heterocycles. The smallest absolute Gasteiger partial charge is 0.263 e. The van der Waals surface area contributed by atoms with E-state index in [0.717, 1.165) is 11.1 Å². The number of hydrogen-bond donors (Lipinski definition) is 2. The molecule has 0 atom stereocenters. The number of nitrogens with one attached hydrogen (secondary N) is 1. The molecule has 2 aromatic carbocycles. The average molecular weight is 301 g/mol. The number of aryl methyl sites for hydroxylation is 2. The molecule has 0 saturated heterocycles. The van der Waals surface area contributed by atoms with Gasteiger partial charge in [-0.1, -0.05) is 12.1 Å². The molecule has 0 aliphatic carbocycles. The summed E-state index contributed by atoms with van der Waals surface area (Å²) < 4.78 is 27.4. The van der Waals surface area contributed by atoms with Crippen LogP contribution < -0.4 is 10.5 Å². The summed E-state index contributed by atoms with van der Waals surface area (Å²) in [7, 11) is -3.84. The molecular weight excluding hydrogens is 286 g/mol. The van der Waals surface area contributed by atoms with Gasteiger partial charge in [-0.25, -0.2) is 8.42 Å². The molecule has 2 aromatic rings. The maximum Gasteiger partial charge on any atom is 0.263 e. The number of nitrogen functional groups attached to an aromatic ring is 1. The summed E-state index contributed by atoms with van der Waals surface area (Å²) in [5, 5.41) is 9.07. The van der Waals surface area contributed by atoms with Gasteiger partial charge >= 0.3 is 0 Å². The van der Waals surface area contributed by atoms with Gasteiger partial charge in [0.15, 0.2) is 0 Å². The first-order chi connectivity index (χ1) is 9.83. The number of anilines is 2. The largest absolute Gasteiger partial charge is 0.399 e. The van der Waals surface area contributed by atoms with Gasteiger partial charge in [-0.05, 0) is 49.2 Å². The molecule has 0 spiro atoms. The molecule has 0 aliphatic heterocycles. The molecule has 3 N–H and O–H groups in total. The molecule has 0 fully saturated rings. The van der Waals surface area contributed by atoms with Gasteiger partial charge in [0.2, 0.25) is 0 Å². The summed E-state index contributed by atoms with van der Waals surface area (Å²) in [6, 6.07) is 11.5. The number of nitrogens with two attached hydrogens (primary N) is 1. The SMILES string of the molecule is Cc1ccc(C)c(NS(=O)(=O)c2ccc(N)cc2C#N)c1. The average Bonchev–Trinajstić information content (AvgIpc) is 2.42. The highest BCUT2D eigenvalue weighted by Crippen LogP contribution is 2.24. The topological polar surface area (TPSA) is 96.0 Å². The van der Waals surface area contributed by atoms with Gasteiger partial charge in [-0.15, -0.1) is 0 Å². The third-order valence-electron chi connectivity index (χ3n) is 3.05. The fraction of sp³-hybridized carbons (Fsp3) is 0.133. The van der Waals surface area contributed by atoms with E-state index in [9.17, 15) is 8.42 Å². The molecule has 0 bridgehead atoms. The van der Waals surface area contributed by atoms with E-state index in [-0.39, 0.29) is 10.5 Å². The van der Waals surface area contributed by atoms with E-state index in [1.807, 2.05) is 32.0 Å². The summed E-state index contributed by atoms with van der Waals surface area (Å²) in [5.41, 5.74) is 8.18. The van der Waals surface area contributed by atoms with Crippen LogP contribution in [0.25, 0.3) is 0 Å². The number of hydrogen-bond acceptors (Lipinski definition) is 4. The van der Waals surface area contributed by atoms with E-state index >= 15 is 0 Å². The minimum atomic E-state index is -3.84. The molecule has 21 heavy (non-hydrogen) atoms. The molecule has 6 heteroatoms. The van der Waals surface area contributed by atoms with Crippen molar-refractivity contribution in [1.29, 1.82) is 5.26 Å². The zero-order valence-corrected chi connectivity index (χ0v) is 12.5. The molecule has 0 radical (unpaired) electrons. The standard InChI is InChI=1S/C15H15N3O2S/c1-10-3-4-11(2)14(7-10)18-21(19,20)15-6-5-13(17)8-12(15)9-16/h3-8,18H,17H2,1-2H3. The van der Waals surface area contributed by atoms with E-state index in [1.165, 1.54) is 18.2 Å². The van der Waals surface area contributed by atoms with Gasteiger partial charge in [0.25, 0.3) is 10.0 Å². The van der Waals surface area contributed by atoms with E-state index in [0.29, 0.717) is 11.4 Å². The van der Waals surface area contributed by atoms with Crippen LogP contribution in [0.15, 0.2) is 41.3 Å². The Morgan fingerprint density at radius 3 is 2.52 bits per heavy atom. The number of sulfonamides is 1. The van der Waals surface area contributed by atoms with E-state index in [4.69, 9.17) is 11.0 Å². The van der Waals surface area contributed by atoms with Crippen LogP contribution >= 0.6 is 0 Å². The van der Waals surface area contributed by atoms with Crippen LogP contribution in [0.2, 0.25) is 0 Å². The molecule has 108 valence electrons. The van der Waals surface area contributed by atoms with Gasteiger partial charge in [0, 0.05) is 5.69 Å². The summed E-state index contributed by atoms with van der Waals surface area (Å²) >= 11 is 0. The van der Waals surface area contributed by atoms with Gasteiger partial charge < -0.3 is 5.73 Å². The Hall–Kier alpha value is -2.52. The van der Waals surface area contributed by atoms with Crippen molar-refractivity contribution < 1.29 is 8.42 Å². The van der Waals surface area contributed by atoms with Gasteiger partial charge in [0.1, 0.15) is 11.0 Å². The monoisotopic (exact) mass is 301 g/mol. The summed E-state index contributed by atoms with van der Waals surface area (Å²) in [6.07, 6.45) is 0. The molecule has 5 nitrogen and oxygen atoms in total. The molecule has 0 amide bonds. The molecule has 2 rings (SSSR count). The van der Waals surface area contributed by atoms with Crippen LogP contribution in [-0.4, -0.2) is 8.42 Å². The Morgan fingerprint density at radius 2 is 1.86 bits per heavy atom. The minimum absolute atomic E-state index is 0.0211. The lowest BCUT2D eigenvalue weighted by Gasteiger charge is -2.12. The van der Waals surface area contributed by atoms with Crippen molar-refractivity contribution >= 4 is 21.4 Å². The lowest BCUT2D eigenvalue weighted by Crippen LogP contribution is -2.15. The predicted molar refractivity (Wildman–Crippen MR) is 82.3 cm³/mol. The second-order valence-corrected chi connectivity index (χ2v) is 6.44. The lowest BCUT2D eigenvalue weighted by molar-refractivity contribution is 0.601. The van der Waals surface area contributed by atoms with Gasteiger partial charge in [-0.2, -0.15) is 5.26 Å². The summed E-state index contributed by atoms with van der Waals surface area (Å²) in [5.74, 6) is 0. The number of benzene rings is 2. The van der Waals surface area contributed by atoms with Crippen LogP contribution in [0, 0.1) is 25.2 Å². The first-order valence-electron chi connectivity index (χ1n) is 6.23. The molecule has 0 saturated carbocycles. The highest BCUT2D eigenvalue weighted by molar-refractivity contribution is 7.92. The fourth-order valence-electron chi connectivity index (χ4n) is 1.91. The van der Waals surface area contributed by atoms with E-state index in [1.54, 1.807) is 6.07 Å². The number of nitriles is 1. The summed E-state index contributed by atoms with van der Waals surface area (Å²) in [6.45, 7) is 3.69. The maximum absolute atomic E-state index is 12.5. The highest BCUT2D eigenvalue weighted by atomic mass is 32.2. The quantitative estimate of drug-likeness (QED) is 0.851. The Morgan fingerprint density at radius 1 is 1.14 bits per heavy atom. The highest BCUT2D eigenvalue weighted by Gasteiger charge is 2.19. The van der Waals surface area contributed by atoms with Crippen molar-refractivity contribution in [2.75, 3.05) is 10.5 Å². The zero-order valence-electron chi connectivity index (χ0n) is 11.7. The van der Waals surface area contributed by atoms with Crippen molar-refractivity contribution in [2.45, 2.75) is 18.7 Å². The number of nitrogens with zero attached hydrogens (tertiary/aromatic N) is 1. The fourth-order valence-corrected chi connectivity index (χ4v) is 3.18. The molecule has 0 unspecified atom stereocenters. The Kier molecular flexibility index (Phi) is 3.87. The zero-order chi connectivity index (χ0) is 15.6. The Bertz CT molecular complexity index is 836. The Labute approximate surface area is 124 Å². The van der Waals surface area contributed by atoms with Crippen molar-refractivity contribution in [2.24, 2.45) is 0 Å². The van der Waals surface area contributed by atoms with Crippen LogP contribution in [0.4, 0.5) is 11.4 Å². The van der Waals surface area contributed by atoms with Crippen molar-refractivity contribution in [1.82, 2.24) is 0 Å². The first-order valence-corrected chi connectivity index (χ1v) is 7.71. The second kappa shape index (κ2) is 5.46. The van der Waals surface area contributed by atoms with Crippen molar-refractivity contribution in [3.63, 3.8) is 0 Å². The van der Waals surface area contributed by atoms with Crippen LogP contribution in [-0.2, 0) is 10.0 Å². The van der Waals surface area contributed by atoms with Crippen molar-refractivity contribution in [3.8, 4) is 6.07 Å². The maximum atomic E-state index is 12.5. The van der Waals surface area contributed by atoms with Gasteiger partial charge in [0.05, 0.1) is 11.3 Å². The third kappa shape index (κ3) is 3.15. The molecule has 0 aliphatic rings. The second-order valence-electron chi connectivity index (χ2n) is 4.79. The van der Waals surface area contributed by atoms with E-state index < -0.39 is 10.0 Å². The van der Waals surface area contributed by atoms with Gasteiger partial charge in [-0.3, -0.25) is 4.72 Å². The van der Waals surface area contributed by atoms with Crippen LogP contribution in [0.3, 0.4) is 0 Å². The Balaban J connectivity index is 2.49. The summed E-state index contributed by atoms with van der Waals surface area (Å²) in [4.78, 5) is -0.0832. The van der Waals surface area contributed by atoms with E-state index in [2.05, 4.69) is 4.72 Å². The number of rotatable bonds is 3.